The fourth-order valence-electron chi connectivity index (χ4n) is 1.06. The Morgan fingerprint density at radius 3 is 3.00 bits per heavy atom. The minimum Gasteiger partial charge on any atom is -0.360 e. The van der Waals surface area contributed by atoms with Crippen molar-refractivity contribution in [2.75, 3.05) is 0 Å². The summed E-state index contributed by atoms with van der Waals surface area (Å²) in [5.74, 6) is -0.185. The summed E-state index contributed by atoms with van der Waals surface area (Å²) in [7, 11) is 0. The molecule has 0 spiro atoms. The summed E-state index contributed by atoms with van der Waals surface area (Å²) < 4.78 is 13.7. The Hall–Kier alpha value is -0.580. The molecule has 0 unspecified atom stereocenters. The molecule has 1 nitrogen and oxygen atoms in total. The number of halogens is 2. The summed E-state index contributed by atoms with van der Waals surface area (Å²) in [5.41, 5.74) is 0.982. The monoisotopic (exact) mass is 261 g/mol. The lowest BCUT2D eigenvalue weighted by molar-refractivity contribution is 0.629. The minimum atomic E-state index is -0.185. The van der Waals surface area contributed by atoms with Crippen LogP contribution < -0.4 is 0 Å². The molecule has 0 radical (unpaired) electrons. The van der Waals surface area contributed by atoms with E-state index >= 15 is 0 Å². The van der Waals surface area contributed by atoms with E-state index in [1.54, 1.807) is 6.07 Å². The van der Waals surface area contributed by atoms with Crippen LogP contribution in [0.25, 0.3) is 10.9 Å². The molecule has 1 N–H and O–H groups in total. The van der Waals surface area contributed by atoms with Gasteiger partial charge in [-0.1, -0.05) is 0 Å². The van der Waals surface area contributed by atoms with Gasteiger partial charge in [-0.05, 0) is 40.8 Å². The molecule has 1 aromatic carbocycles. The van der Waals surface area contributed by atoms with Gasteiger partial charge in [0.05, 0.1) is 0 Å². The van der Waals surface area contributed by atoms with E-state index < -0.39 is 0 Å². The molecule has 2 rings (SSSR count). The molecule has 1 aromatic heterocycles. The predicted octanol–water partition coefficient (Wildman–Crippen LogP) is 2.91. The highest BCUT2D eigenvalue weighted by atomic mass is 127. The first kappa shape index (κ1) is 7.09. The number of hydrogen-bond acceptors (Lipinski definition) is 0. The van der Waals surface area contributed by atoms with Crippen molar-refractivity contribution in [2.24, 2.45) is 0 Å². The second-order valence-corrected chi connectivity index (χ2v) is 3.49. The second kappa shape index (κ2) is 2.48. The van der Waals surface area contributed by atoms with Gasteiger partial charge in [0.25, 0.3) is 0 Å². The normalized spacial score (nSPS) is 10.7. The Bertz CT molecular complexity index is 394. The molecule has 2 aromatic rings. The minimum absolute atomic E-state index is 0.185. The molecule has 3 heteroatoms. The standard InChI is InChI=1S/C8H5FIN/c9-5-1-2-8-6(3-5)7(10)4-11-8/h1-4,11H. The van der Waals surface area contributed by atoms with Gasteiger partial charge in [0.15, 0.2) is 0 Å². The Labute approximate surface area is 76.7 Å². The van der Waals surface area contributed by atoms with Crippen LogP contribution in [0.3, 0.4) is 0 Å². The van der Waals surface area contributed by atoms with Crippen LogP contribution in [-0.4, -0.2) is 4.98 Å². The molecule has 1 heterocycles. The number of H-pyrrole nitrogens is 1. The van der Waals surface area contributed by atoms with Crippen LogP contribution in [-0.2, 0) is 0 Å². The van der Waals surface area contributed by atoms with Crippen molar-refractivity contribution in [3.05, 3.63) is 33.8 Å². The molecule has 0 aliphatic carbocycles. The third kappa shape index (κ3) is 1.13. The molecule has 0 amide bonds. The Morgan fingerprint density at radius 1 is 1.36 bits per heavy atom. The zero-order valence-electron chi connectivity index (χ0n) is 5.57. The third-order valence-corrected chi connectivity index (χ3v) is 2.49. The van der Waals surface area contributed by atoms with Crippen molar-refractivity contribution in [1.82, 2.24) is 4.98 Å². The molecule has 0 saturated carbocycles. The number of aromatic nitrogens is 1. The lowest BCUT2D eigenvalue weighted by Gasteiger charge is -1.89. The van der Waals surface area contributed by atoms with Crippen LogP contribution >= 0.6 is 22.6 Å². The largest absolute Gasteiger partial charge is 0.360 e. The van der Waals surface area contributed by atoms with Gasteiger partial charge in [0.2, 0.25) is 0 Å². The van der Waals surface area contributed by atoms with E-state index in [0.717, 1.165) is 14.5 Å². The first-order valence-corrected chi connectivity index (χ1v) is 4.27. The van der Waals surface area contributed by atoms with Gasteiger partial charge in [0, 0.05) is 20.7 Å². The highest BCUT2D eigenvalue weighted by Gasteiger charge is 2.00. The van der Waals surface area contributed by atoms with Gasteiger partial charge in [-0.15, -0.1) is 0 Å². The van der Waals surface area contributed by atoms with Gasteiger partial charge in [0.1, 0.15) is 5.82 Å². The smallest absolute Gasteiger partial charge is 0.123 e. The fourth-order valence-corrected chi connectivity index (χ4v) is 1.66. The zero-order valence-corrected chi connectivity index (χ0v) is 7.72. The van der Waals surface area contributed by atoms with Gasteiger partial charge in [-0.25, -0.2) is 4.39 Å². The van der Waals surface area contributed by atoms with E-state index in [0.29, 0.717) is 0 Å². The van der Waals surface area contributed by atoms with Crippen LogP contribution in [0.4, 0.5) is 4.39 Å². The summed E-state index contributed by atoms with van der Waals surface area (Å²) in [4.78, 5) is 3.04. The van der Waals surface area contributed by atoms with Crippen LogP contribution in [0.2, 0.25) is 0 Å². The SMILES string of the molecule is Fc1ccc2[nH]cc(I)c2c1. The number of benzene rings is 1. The quantitative estimate of drug-likeness (QED) is 0.702. The lowest BCUT2D eigenvalue weighted by Crippen LogP contribution is -1.72. The van der Waals surface area contributed by atoms with Gasteiger partial charge in [-0.3, -0.25) is 0 Å². The average Bonchev–Trinajstić information content (AvgIpc) is 2.33. The van der Waals surface area contributed by atoms with Gasteiger partial charge >= 0.3 is 0 Å². The van der Waals surface area contributed by atoms with Crippen molar-refractivity contribution >= 4 is 33.5 Å². The van der Waals surface area contributed by atoms with E-state index in [9.17, 15) is 4.39 Å². The molecule has 0 fully saturated rings. The van der Waals surface area contributed by atoms with Crippen LogP contribution in [0.15, 0.2) is 24.4 Å². The summed E-state index contributed by atoms with van der Waals surface area (Å²) in [6.07, 6.45) is 1.87. The number of nitrogens with one attached hydrogen (secondary N) is 1. The molecule has 0 bridgehead atoms. The maximum absolute atomic E-state index is 12.7. The van der Waals surface area contributed by atoms with Crippen molar-refractivity contribution < 1.29 is 4.39 Å². The predicted molar refractivity (Wildman–Crippen MR) is 51.0 cm³/mol. The lowest BCUT2D eigenvalue weighted by atomic mass is 10.2. The fraction of sp³-hybridized carbons (Fsp3) is 0. The summed E-state index contributed by atoms with van der Waals surface area (Å²) in [6.45, 7) is 0. The first-order chi connectivity index (χ1) is 5.27. The van der Waals surface area contributed by atoms with E-state index in [4.69, 9.17) is 0 Å². The average molecular weight is 261 g/mol. The van der Waals surface area contributed by atoms with Crippen molar-refractivity contribution in [1.29, 1.82) is 0 Å². The maximum atomic E-state index is 12.7. The van der Waals surface area contributed by atoms with E-state index in [-0.39, 0.29) is 5.82 Å². The highest BCUT2D eigenvalue weighted by molar-refractivity contribution is 14.1. The molecular formula is C8H5FIN. The maximum Gasteiger partial charge on any atom is 0.123 e. The number of aromatic amines is 1. The second-order valence-electron chi connectivity index (χ2n) is 2.33. The van der Waals surface area contributed by atoms with Crippen molar-refractivity contribution in [2.45, 2.75) is 0 Å². The molecule has 11 heavy (non-hydrogen) atoms. The van der Waals surface area contributed by atoms with Gasteiger partial charge in [-0.2, -0.15) is 0 Å². The van der Waals surface area contributed by atoms with Gasteiger partial charge < -0.3 is 4.98 Å². The molecular weight excluding hydrogens is 256 g/mol. The Morgan fingerprint density at radius 2 is 2.18 bits per heavy atom. The van der Waals surface area contributed by atoms with Crippen LogP contribution in [0.1, 0.15) is 0 Å². The zero-order chi connectivity index (χ0) is 7.84. The Balaban J connectivity index is 2.87. The van der Waals surface area contributed by atoms with E-state index in [1.807, 2.05) is 6.20 Å². The van der Waals surface area contributed by atoms with Crippen molar-refractivity contribution in [3.63, 3.8) is 0 Å². The highest BCUT2D eigenvalue weighted by Crippen LogP contribution is 2.20. The number of rotatable bonds is 0. The molecule has 0 aliphatic heterocycles. The summed E-state index contributed by atoms with van der Waals surface area (Å²) in [5, 5.41) is 0.950. The first-order valence-electron chi connectivity index (χ1n) is 3.19. The number of fused-ring (bicyclic) bond motifs is 1. The summed E-state index contributed by atoms with van der Waals surface area (Å²) >= 11 is 2.17. The molecule has 0 atom stereocenters. The third-order valence-electron chi connectivity index (χ3n) is 1.59. The topological polar surface area (TPSA) is 15.8 Å². The summed E-state index contributed by atoms with van der Waals surface area (Å²) in [6, 6.07) is 4.73. The van der Waals surface area contributed by atoms with Crippen LogP contribution in [0, 0.1) is 9.39 Å². The van der Waals surface area contributed by atoms with E-state index in [1.165, 1.54) is 12.1 Å². The molecule has 0 aliphatic rings. The van der Waals surface area contributed by atoms with Crippen molar-refractivity contribution in [3.8, 4) is 0 Å². The Kier molecular flexibility index (Phi) is 1.60. The number of hydrogen-bond donors (Lipinski definition) is 1. The van der Waals surface area contributed by atoms with Crippen LogP contribution in [0.5, 0.6) is 0 Å². The molecule has 0 saturated heterocycles. The molecule has 56 valence electrons. The van der Waals surface area contributed by atoms with E-state index in [2.05, 4.69) is 27.6 Å².